The number of aryl methyl sites for hydroxylation is 1. The molecule has 0 aliphatic carbocycles. The van der Waals surface area contributed by atoms with Gasteiger partial charge in [-0.3, -0.25) is 9.20 Å². The number of fused-ring (bicyclic) bond motifs is 1. The quantitative estimate of drug-likeness (QED) is 0.792. The summed E-state index contributed by atoms with van der Waals surface area (Å²) in [6.07, 6.45) is 1.86. The van der Waals surface area contributed by atoms with Crippen molar-refractivity contribution in [3.8, 4) is 0 Å². The number of nitrogens with zero attached hydrogens (tertiary/aromatic N) is 2. The number of benzene rings is 1. The van der Waals surface area contributed by atoms with Gasteiger partial charge in [0.2, 0.25) is 0 Å². The number of nitrogens with one attached hydrogen (secondary N) is 1. The monoisotopic (exact) mass is 347 g/mol. The number of amides is 1. The van der Waals surface area contributed by atoms with Gasteiger partial charge in [-0.1, -0.05) is 23.7 Å². The smallest absolute Gasteiger partial charge is 0.271 e. The summed E-state index contributed by atoms with van der Waals surface area (Å²) >= 11 is 7.46. The molecule has 1 N–H and O–H groups in total. The average molecular weight is 348 g/mol. The maximum atomic E-state index is 12.8. The predicted octanol–water partition coefficient (Wildman–Crippen LogP) is 3.01. The third kappa shape index (κ3) is 2.34. The molecular weight excluding hydrogens is 334 g/mol. The average Bonchev–Trinajstić information content (AvgIpc) is 3.03. The third-order valence-electron chi connectivity index (χ3n) is 4.10. The van der Waals surface area contributed by atoms with E-state index in [-0.39, 0.29) is 5.91 Å². The lowest BCUT2D eigenvalue weighted by Crippen LogP contribution is -2.59. The Labute approximate surface area is 141 Å². The first kappa shape index (κ1) is 14.7. The summed E-state index contributed by atoms with van der Waals surface area (Å²) in [5.74, 6) is -0.147. The molecule has 0 spiro atoms. The normalized spacial score (nSPS) is 16.3. The van der Waals surface area contributed by atoms with Crippen molar-refractivity contribution in [2.75, 3.05) is 13.2 Å². The molecule has 1 fully saturated rings. The van der Waals surface area contributed by atoms with E-state index in [2.05, 4.69) is 10.3 Å². The second-order valence-electron chi connectivity index (χ2n) is 5.64. The highest BCUT2D eigenvalue weighted by atomic mass is 35.5. The van der Waals surface area contributed by atoms with Gasteiger partial charge in [0.05, 0.1) is 18.9 Å². The molecule has 118 valence electrons. The van der Waals surface area contributed by atoms with Crippen LogP contribution in [0.15, 0.2) is 35.8 Å². The Hall–Kier alpha value is -1.89. The molecule has 4 rings (SSSR count). The van der Waals surface area contributed by atoms with E-state index in [4.69, 9.17) is 16.3 Å². The summed E-state index contributed by atoms with van der Waals surface area (Å²) < 4.78 is 7.20. The summed E-state index contributed by atoms with van der Waals surface area (Å²) in [6.45, 7) is 2.75. The van der Waals surface area contributed by atoms with Crippen LogP contribution < -0.4 is 5.32 Å². The summed E-state index contributed by atoms with van der Waals surface area (Å²) in [6, 6.07) is 7.50. The fraction of sp³-hybridized carbons (Fsp3) is 0.250. The van der Waals surface area contributed by atoms with Gasteiger partial charge in [0.25, 0.3) is 5.91 Å². The van der Waals surface area contributed by atoms with Crippen molar-refractivity contribution >= 4 is 33.8 Å². The number of carbonyl (C=O) groups excluding carboxylic acids is 1. The van der Waals surface area contributed by atoms with Crippen LogP contribution in [-0.4, -0.2) is 28.5 Å². The highest BCUT2D eigenvalue weighted by Crippen LogP contribution is 2.31. The molecule has 0 bridgehead atoms. The van der Waals surface area contributed by atoms with Gasteiger partial charge >= 0.3 is 0 Å². The van der Waals surface area contributed by atoms with Crippen LogP contribution in [0.5, 0.6) is 0 Å². The van der Waals surface area contributed by atoms with Crippen molar-refractivity contribution in [2.24, 2.45) is 0 Å². The number of carbonyl (C=O) groups is 1. The predicted molar refractivity (Wildman–Crippen MR) is 89.2 cm³/mol. The van der Waals surface area contributed by atoms with Crippen LogP contribution in [0.3, 0.4) is 0 Å². The first-order chi connectivity index (χ1) is 11.1. The molecule has 0 unspecified atom stereocenters. The Morgan fingerprint density at radius 3 is 2.78 bits per heavy atom. The van der Waals surface area contributed by atoms with Gasteiger partial charge in [0.15, 0.2) is 4.96 Å². The van der Waals surface area contributed by atoms with Crippen molar-refractivity contribution in [3.05, 3.63) is 57.8 Å². The van der Waals surface area contributed by atoms with Crippen LogP contribution in [-0.2, 0) is 10.3 Å². The molecule has 3 aromatic rings. The van der Waals surface area contributed by atoms with Crippen molar-refractivity contribution in [3.63, 3.8) is 0 Å². The molecule has 0 atom stereocenters. The first-order valence-corrected chi connectivity index (χ1v) is 8.43. The number of ether oxygens (including phenoxy) is 1. The number of hydrogen-bond acceptors (Lipinski definition) is 4. The van der Waals surface area contributed by atoms with E-state index in [9.17, 15) is 4.79 Å². The van der Waals surface area contributed by atoms with E-state index in [0.717, 1.165) is 16.2 Å². The van der Waals surface area contributed by atoms with Crippen molar-refractivity contribution in [1.82, 2.24) is 14.7 Å². The Morgan fingerprint density at radius 1 is 1.39 bits per heavy atom. The highest BCUT2D eigenvalue weighted by Gasteiger charge is 2.42. The topological polar surface area (TPSA) is 55.6 Å². The molecular formula is C16H14ClN3O2S. The fourth-order valence-corrected chi connectivity index (χ4v) is 3.72. The number of hydrogen-bond donors (Lipinski definition) is 1. The van der Waals surface area contributed by atoms with E-state index in [1.54, 1.807) is 0 Å². The van der Waals surface area contributed by atoms with Crippen LogP contribution in [0.2, 0.25) is 5.02 Å². The Bertz CT molecular complexity index is 881. The zero-order valence-electron chi connectivity index (χ0n) is 12.4. The largest absolute Gasteiger partial charge is 0.376 e. The highest BCUT2D eigenvalue weighted by molar-refractivity contribution is 7.15. The minimum Gasteiger partial charge on any atom is -0.376 e. The number of aromatic nitrogens is 2. The summed E-state index contributed by atoms with van der Waals surface area (Å²) in [5.41, 5.74) is 1.78. The summed E-state index contributed by atoms with van der Waals surface area (Å²) in [5, 5.41) is 5.71. The first-order valence-electron chi connectivity index (χ1n) is 7.17. The Kier molecular flexibility index (Phi) is 3.41. The number of rotatable bonds is 3. The lowest BCUT2D eigenvalue weighted by molar-refractivity contribution is -0.0734. The lowest BCUT2D eigenvalue weighted by atomic mass is 9.87. The fourth-order valence-electron chi connectivity index (χ4n) is 2.83. The van der Waals surface area contributed by atoms with Gasteiger partial charge in [0.1, 0.15) is 11.2 Å². The molecule has 7 heteroatoms. The maximum absolute atomic E-state index is 12.8. The molecule has 0 radical (unpaired) electrons. The molecule has 2 aromatic heterocycles. The van der Waals surface area contributed by atoms with Gasteiger partial charge in [-0.2, -0.15) is 0 Å². The van der Waals surface area contributed by atoms with Crippen LogP contribution in [0, 0.1) is 6.92 Å². The number of imidazole rings is 1. The zero-order valence-corrected chi connectivity index (χ0v) is 13.9. The molecule has 3 heterocycles. The summed E-state index contributed by atoms with van der Waals surface area (Å²) in [4.78, 5) is 18.1. The molecule has 1 aromatic carbocycles. The minimum absolute atomic E-state index is 0.147. The lowest BCUT2D eigenvalue weighted by Gasteiger charge is -2.42. The van der Waals surface area contributed by atoms with Crippen molar-refractivity contribution in [1.29, 1.82) is 0 Å². The second kappa shape index (κ2) is 5.33. The molecule has 23 heavy (non-hydrogen) atoms. The van der Waals surface area contributed by atoms with E-state index in [0.29, 0.717) is 23.9 Å². The van der Waals surface area contributed by atoms with Crippen LogP contribution in [0.1, 0.15) is 21.7 Å². The standard InChI is InChI=1S/C16H14ClN3O2S/c1-10-13(20-6-7-23-15(20)18-10)14(21)19-16(8-22-9-16)11-2-4-12(17)5-3-11/h2-7H,8-9H2,1H3,(H,19,21). The van der Waals surface area contributed by atoms with Gasteiger partial charge in [-0.15, -0.1) is 11.3 Å². The Balaban J connectivity index is 1.68. The van der Waals surface area contributed by atoms with Gasteiger partial charge in [-0.05, 0) is 24.6 Å². The number of thiazole rings is 1. The van der Waals surface area contributed by atoms with E-state index in [1.165, 1.54) is 11.3 Å². The molecule has 1 saturated heterocycles. The number of halogens is 1. The third-order valence-corrected chi connectivity index (χ3v) is 5.11. The van der Waals surface area contributed by atoms with Crippen LogP contribution in [0.25, 0.3) is 4.96 Å². The van der Waals surface area contributed by atoms with Crippen molar-refractivity contribution < 1.29 is 9.53 Å². The SMILES string of the molecule is Cc1nc2sccn2c1C(=O)NC1(c2ccc(Cl)cc2)COC1. The molecule has 1 amide bonds. The van der Waals surface area contributed by atoms with E-state index in [1.807, 2.05) is 47.2 Å². The zero-order chi connectivity index (χ0) is 16.0. The minimum atomic E-state index is -0.506. The van der Waals surface area contributed by atoms with Crippen LogP contribution >= 0.6 is 22.9 Å². The molecule has 5 nitrogen and oxygen atoms in total. The Morgan fingerprint density at radius 2 is 2.13 bits per heavy atom. The van der Waals surface area contributed by atoms with E-state index >= 15 is 0 Å². The van der Waals surface area contributed by atoms with Crippen LogP contribution in [0.4, 0.5) is 0 Å². The van der Waals surface area contributed by atoms with E-state index < -0.39 is 5.54 Å². The molecule has 0 saturated carbocycles. The van der Waals surface area contributed by atoms with Gasteiger partial charge < -0.3 is 10.1 Å². The summed E-state index contributed by atoms with van der Waals surface area (Å²) in [7, 11) is 0. The van der Waals surface area contributed by atoms with Gasteiger partial charge in [-0.25, -0.2) is 4.98 Å². The molecule has 1 aliphatic rings. The second-order valence-corrected chi connectivity index (χ2v) is 6.95. The molecule has 1 aliphatic heterocycles. The maximum Gasteiger partial charge on any atom is 0.271 e. The van der Waals surface area contributed by atoms with Gasteiger partial charge in [0, 0.05) is 16.6 Å². The van der Waals surface area contributed by atoms with Crippen molar-refractivity contribution in [2.45, 2.75) is 12.5 Å².